The van der Waals surface area contributed by atoms with Crippen LogP contribution in [0.1, 0.15) is 11.1 Å². The van der Waals surface area contributed by atoms with Crippen LogP contribution in [0.4, 0.5) is 8.78 Å². The number of rotatable bonds is 5. The summed E-state index contributed by atoms with van der Waals surface area (Å²) in [5, 5.41) is 0. The van der Waals surface area contributed by atoms with Crippen molar-refractivity contribution >= 4 is 11.9 Å². The second-order valence-electron chi connectivity index (χ2n) is 4.80. The van der Waals surface area contributed by atoms with E-state index in [1.165, 1.54) is 33.3 Å². The molecule has 0 unspecified atom stereocenters. The van der Waals surface area contributed by atoms with E-state index in [-0.39, 0.29) is 6.42 Å². The molecule has 0 aliphatic rings. The summed E-state index contributed by atoms with van der Waals surface area (Å²) in [7, 11) is 3.75. The number of hydrogen-bond donors (Lipinski definition) is 1. The summed E-state index contributed by atoms with van der Waals surface area (Å²) in [6.45, 7) is 0. The number of carbonyl (C=O) groups excluding carboxylic acids is 2. The van der Waals surface area contributed by atoms with Crippen molar-refractivity contribution in [1.29, 1.82) is 0 Å². The van der Waals surface area contributed by atoms with Gasteiger partial charge in [0, 0.05) is 19.7 Å². The van der Waals surface area contributed by atoms with Crippen molar-refractivity contribution in [1.82, 2.24) is 4.90 Å². The molecule has 0 spiro atoms. The van der Waals surface area contributed by atoms with Gasteiger partial charge in [-0.25, -0.2) is 0 Å². The number of nitrogens with two attached hydrogens (primary N) is 1. The number of methoxy groups -OCH3 is 1. The van der Waals surface area contributed by atoms with Gasteiger partial charge in [-0.3, -0.25) is 9.59 Å². The number of amides is 1. The largest absolute Gasteiger partial charge is 0.468 e. The topological polar surface area (TPSA) is 72.6 Å². The number of alkyl halides is 2. The average molecular weight is 300 g/mol. The minimum absolute atomic E-state index is 0.167. The molecule has 0 bridgehead atoms. The van der Waals surface area contributed by atoms with Crippen LogP contribution in [0.5, 0.6) is 0 Å². The maximum absolute atomic E-state index is 13.9. The molecule has 116 valence electrons. The number of esters is 1. The first-order valence-corrected chi connectivity index (χ1v) is 6.22. The molecule has 0 aliphatic heterocycles. The Hall–Kier alpha value is -2.02. The van der Waals surface area contributed by atoms with Gasteiger partial charge in [-0.05, 0) is 12.0 Å². The van der Waals surface area contributed by atoms with E-state index in [1.807, 2.05) is 0 Å². The maximum atomic E-state index is 13.9. The zero-order valence-electron chi connectivity index (χ0n) is 12.1. The standard InChI is InChI=1S/C14H18F2N2O3/c1-18(2)13(20)14(15,16)10-6-4-9(5-7-10)8-11(17)12(19)21-3/h4-7,11H,8,17H2,1-3H3/t11-/m0/s1. The summed E-state index contributed by atoms with van der Waals surface area (Å²) in [6, 6.07) is 4.27. The van der Waals surface area contributed by atoms with Gasteiger partial charge in [0.25, 0.3) is 5.91 Å². The molecule has 21 heavy (non-hydrogen) atoms. The molecule has 0 saturated heterocycles. The number of carbonyl (C=O) groups is 2. The molecule has 1 atom stereocenters. The minimum atomic E-state index is -3.59. The molecule has 5 nitrogen and oxygen atoms in total. The summed E-state index contributed by atoms with van der Waals surface area (Å²) in [5.74, 6) is -5.46. The summed E-state index contributed by atoms with van der Waals surface area (Å²) in [5.41, 5.74) is 5.78. The van der Waals surface area contributed by atoms with Crippen molar-refractivity contribution in [3.63, 3.8) is 0 Å². The molecule has 0 saturated carbocycles. The second-order valence-corrected chi connectivity index (χ2v) is 4.80. The number of hydrogen-bond acceptors (Lipinski definition) is 4. The zero-order chi connectivity index (χ0) is 16.2. The molecular formula is C14H18F2N2O3. The van der Waals surface area contributed by atoms with Crippen molar-refractivity contribution in [2.75, 3.05) is 21.2 Å². The lowest BCUT2D eigenvalue weighted by Gasteiger charge is -2.20. The molecule has 0 aromatic heterocycles. The van der Waals surface area contributed by atoms with Crippen LogP contribution in [0, 0.1) is 0 Å². The minimum Gasteiger partial charge on any atom is -0.468 e. The highest BCUT2D eigenvalue weighted by Crippen LogP contribution is 2.29. The SMILES string of the molecule is COC(=O)[C@@H](N)Cc1ccc(C(F)(F)C(=O)N(C)C)cc1. The molecule has 7 heteroatoms. The fourth-order valence-corrected chi connectivity index (χ4v) is 1.74. The van der Waals surface area contributed by atoms with Crippen LogP contribution in [-0.4, -0.2) is 44.0 Å². The molecule has 0 fully saturated rings. The van der Waals surface area contributed by atoms with Gasteiger partial charge in [-0.1, -0.05) is 24.3 Å². The third kappa shape index (κ3) is 3.98. The van der Waals surface area contributed by atoms with E-state index >= 15 is 0 Å². The summed E-state index contributed by atoms with van der Waals surface area (Å²) in [4.78, 5) is 23.5. The van der Waals surface area contributed by atoms with Crippen LogP contribution in [0.15, 0.2) is 24.3 Å². The molecule has 1 amide bonds. The molecule has 1 aromatic rings. The Labute approximate surface area is 121 Å². The van der Waals surface area contributed by atoms with E-state index in [1.54, 1.807) is 0 Å². The van der Waals surface area contributed by atoms with E-state index in [0.717, 1.165) is 17.0 Å². The van der Waals surface area contributed by atoms with Crippen LogP contribution >= 0.6 is 0 Å². The Morgan fingerprint density at radius 1 is 1.29 bits per heavy atom. The van der Waals surface area contributed by atoms with E-state index < -0.39 is 29.4 Å². The summed E-state index contributed by atoms with van der Waals surface area (Å²) >= 11 is 0. The average Bonchev–Trinajstić information content (AvgIpc) is 2.45. The normalized spacial score (nSPS) is 12.7. The highest BCUT2D eigenvalue weighted by molar-refractivity contribution is 5.84. The fraction of sp³-hybridized carbons (Fsp3) is 0.429. The summed E-state index contributed by atoms with van der Waals surface area (Å²) in [6.07, 6.45) is 0.167. The van der Waals surface area contributed by atoms with Gasteiger partial charge in [-0.15, -0.1) is 0 Å². The number of likely N-dealkylation sites (N-methyl/N-ethyl adjacent to an activating group) is 1. The van der Waals surface area contributed by atoms with E-state index in [4.69, 9.17) is 5.73 Å². The number of benzene rings is 1. The van der Waals surface area contributed by atoms with Crippen molar-refractivity contribution < 1.29 is 23.1 Å². The number of nitrogens with zero attached hydrogens (tertiary/aromatic N) is 1. The van der Waals surface area contributed by atoms with Gasteiger partial charge in [0.05, 0.1) is 7.11 Å². The van der Waals surface area contributed by atoms with Crippen molar-refractivity contribution in [2.24, 2.45) is 5.73 Å². The summed E-state index contributed by atoms with van der Waals surface area (Å²) < 4.78 is 32.3. The first-order chi connectivity index (χ1) is 9.70. The number of halogens is 2. The molecule has 0 radical (unpaired) electrons. The Balaban J connectivity index is 2.88. The highest BCUT2D eigenvalue weighted by atomic mass is 19.3. The van der Waals surface area contributed by atoms with Gasteiger partial charge < -0.3 is 15.4 Å². The molecule has 1 rings (SSSR count). The molecule has 2 N–H and O–H groups in total. The molecular weight excluding hydrogens is 282 g/mol. The first-order valence-electron chi connectivity index (χ1n) is 6.22. The molecule has 0 heterocycles. The lowest BCUT2D eigenvalue weighted by Crippen LogP contribution is -2.37. The van der Waals surface area contributed by atoms with Crippen molar-refractivity contribution in [2.45, 2.75) is 18.4 Å². The lowest BCUT2D eigenvalue weighted by molar-refractivity contribution is -0.156. The lowest BCUT2D eigenvalue weighted by atomic mass is 10.0. The predicted octanol–water partition coefficient (Wildman–Crippen LogP) is 0.909. The fourth-order valence-electron chi connectivity index (χ4n) is 1.74. The molecule has 1 aromatic carbocycles. The third-order valence-corrected chi connectivity index (χ3v) is 2.95. The van der Waals surface area contributed by atoms with Gasteiger partial charge in [0.15, 0.2) is 0 Å². The van der Waals surface area contributed by atoms with E-state index in [0.29, 0.717) is 5.56 Å². The Morgan fingerprint density at radius 3 is 2.24 bits per heavy atom. The second kappa shape index (κ2) is 6.62. The highest BCUT2D eigenvalue weighted by Gasteiger charge is 2.41. The quantitative estimate of drug-likeness (QED) is 0.820. The van der Waals surface area contributed by atoms with Crippen LogP contribution in [0.2, 0.25) is 0 Å². The monoisotopic (exact) mass is 300 g/mol. The van der Waals surface area contributed by atoms with Gasteiger partial charge in [-0.2, -0.15) is 8.78 Å². The third-order valence-electron chi connectivity index (χ3n) is 2.95. The number of ether oxygens (including phenoxy) is 1. The first kappa shape index (κ1) is 17.0. The Bertz CT molecular complexity index is 515. The van der Waals surface area contributed by atoms with E-state index in [2.05, 4.69) is 4.74 Å². The Kier molecular flexibility index (Phi) is 5.37. The van der Waals surface area contributed by atoms with Crippen molar-refractivity contribution in [3.8, 4) is 0 Å². The van der Waals surface area contributed by atoms with E-state index in [9.17, 15) is 18.4 Å². The van der Waals surface area contributed by atoms with Crippen LogP contribution in [0.3, 0.4) is 0 Å². The van der Waals surface area contributed by atoms with Gasteiger partial charge in [0.1, 0.15) is 6.04 Å². The maximum Gasteiger partial charge on any atom is 0.349 e. The van der Waals surface area contributed by atoms with Gasteiger partial charge in [0.2, 0.25) is 0 Å². The van der Waals surface area contributed by atoms with Crippen LogP contribution in [0.25, 0.3) is 0 Å². The predicted molar refractivity (Wildman–Crippen MR) is 72.7 cm³/mol. The molecule has 0 aliphatic carbocycles. The van der Waals surface area contributed by atoms with Gasteiger partial charge >= 0.3 is 11.9 Å². The zero-order valence-corrected chi connectivity index (χ0v) is 12.1. The van der Waals surface area contributed by atoms with Crippen molar-refractivity contribution in [3.05, 3.63) is 35.4 Å². The smallest absolute Gasteiger partial charge is 0.349 e. The Morgan fingerprint density at radius 2 is 1.81 bits per heavy atom. The van der Waals surface area contributed by atoms with Crippen LogP contribution < -0.4 is 5.73 Å². The van der Waals surface area contributed by atoms with Crippen LogP contribution in [-0.2, 0) is 26.7 Å².